The van der Waals surface area contributed by atoms with Crippen molar-refractivity contribution in [2.24, 2.45) is 5.92 Å². The number of rotatable bonds is 6. The molecule has 78 valence electrons. The first kappa shape index (κ1) is 12.4. The largest absolute Gasteiger partial charge is 0.353 e. The summed E-state index contributed by atoms with van der Waals surface area (Å²) in [4.78, 5) is 11.6. The maximum absolute atomic E-state index is 11.6. The topological polar surface area (TPSA) is 41.1 Å². The molecule has 0 aliphatic carbocycles. The highest BCUT2D eigenvalue weighted by Crippen LogP contribution is 2.02. The van der Waals surface area contributed by atoms with Gasteiger partial charge in [-0.2, -0.15) is 0 Å². The van der Waals surface area contributed by atoms with Crippen molar-refractivity contribution < 1.29 is 4.79 Å². The Kier molecular flexibility index (Phi) is 6.59. The van der Waals surface area contributed by atoms with E-state index in [1.54, 1.807) is 0 Å². The summed E-state index contributed by atoms with van der Waals surface area (Å²) in [5, 5.41) is 6.02. The molecule has 0 aliphatic heterocycles. The minimum Gasteiger partial charge on any atom is -0.353 e. The van der Waals surface area contributed by atoms with Crippen LogP contribution in [-0.4, -0.2) is 25.5 Å². The van der Waals surface area contributed by atoms with Crippen LogP contribution in [-0.2, 0) is 4.79 Å². The van der Waals surface area contributed by atoms with E-state index in [1.807, 2.05) is 20.9 Å². The molecule has 0 aliphatic rings. The third-order valence-electron chi connectivity index (χ3n) is 2.32. The Morgan fingerprint density at radius 1 is 1.31 bits per heavy atom. The molecule has 2 atom stereocenters. The predicted octanol–water partition coefficient (Wildman–Crippen LogP) is 1.15. The second-order valence-corrected chi connectivity index (χ2v) is 3.48. The first-order chi connectivity index (χ1) is 6.15. The molecule has 0 radical (unpaired) electrons. The average Bonchev–Trinajstić information content (AvgIpc) is 2.13. The molecule has 3 nitrogen and oxygen atoms in total. The minimum absolute atomic E-state index is 0.110. The van der Waals surface area contributed by atoms with Gasteiger partial charge in [0.1, 0.15) is 0 Å². The molecular weight excluding hydrogens is 164 g/mol. The summed E-state index contributed by atoms with van der Waals surface area (Å²) in [6.07, 6.45) is 1.88. The smallest absolute Gasteiger partial charge is 0.224 e. The molecule has 13 heavy (non-hydrogen) atoms. The monoisotopic (exact) mass is 186 g/mol. The molecule has 2 N–H and O–H groups in total. The number of hydrogen-bond acceptors (Lipinski definition) is 2. The van der Waals surface area contributed by atoms with Gasteiger partial charge in [-0.15, -0.1) is 0 Å². The van der Waals surface area contributed by atoms with Crippen molar-refractivity contribution in [2.75, 3.05) is 13.6 Å². The van der Waals surface area contributed by atoms with Crippen LogP contribution in [0.3, 0.4) is 0 Å². The number of nitrogens with one attached hydrogen (secondary N) is 2. The second kappa shape index (κ2) is 6.89. The Balaban J connectivity index is 3.90. The van der Waals surface area contributed by atoms with Gasteiger partial charge in [0.15, 0.2) is 0 Å². The average molecular weight is 186 g/mol. The SMILES string of the molecule is CCC(C)NC(=O)C(CC)CNC. The van der Waals surface area contributed by atoms with Gasteiger partial charge < -0.3 is 10.6 Å². The van der Waals surface area contributed by atoms with Gasteiger partial charge in [0, 0.05) is 12.6 Å². The molecule has 0 aromatic heterocycles. The lowest BCUT2D eigenvalue weighted by Gasteiger charge is -2.17. The molecule has 0 bridgehead atoms. The van der Waals surface area contributed by atoms with Gasteiger partial charge in [0.25, 0.3) is 0 Å². The van der Waals surface area contributed by atoms with E-state index in [-0.39, 0.29) is 11.8 Å². The first-order valence-corrected chi connectivity index (χ1v) is 5.10. The Bertz CT molecular complexity index is 148. The van der Waals surface area contributed by atoms with Crippen LogP contribution in [0.4, 0.5) is 0 Å². The lowest BCUT2D eigenvalue weighted by Crippen LogP contribution is -2.40. The van der Waals surface area contributed by atoms with Crippen LogP contribution in [0, 0.1) is 5.92 Å². The van der Waals surface area contributed by atoms with Crippen LogP contribution in [0.15, 0.2) is 0 Å². The highest BCUT2D eigenvalue weighted by Gasteiger charge is 2.16. The van der Waals surface area contributed by atoms with Crippen molar-refractivity contribution in [1.29, 1.82) is 0 Å². The van der Waals surface area contributed by atoms with Crippen molar-refractivity contribution in [2.45, 2.75) is 39.7 Å². The van der Waals surface area contributed by atoms with Gasteiger partial charge in [-0.25, -0.2) is 0 Å². The number of amides is 1. The minimum atomic E-state index is 0.110. The molecule has 3 heteroatoms. The molecule has 0 heterocycles. The maximum atomic E-state index is 11.6. The van der Waals surface area contributed by atoms with Crippen molar-refractivity contribution >= 4 is 5.91 Å². The van der Waals surface area contributed by atoms with Gasteiger partial charge in [-0.05, 0) is 26.8 Å². The number of carbonyl (C=O) groups is 1. The van der Waals surface area contributed by atoms with Gasteiger partial charge in [-0.3, -0.25) is 4.79 Å². The molecule has 0 rings (SSSR count). The van der Waals surface area contributed by atoms with E-state index < -0.39 is 0 Å². The van der Waals surface area contributed by atoms with Gasteiger partial charge in [-0.1, -0.05) is 13.8 Å². The van der Waals surface area contributed by atoms with Crippen molar-refractivity contribution in [3.63, 3.8) is 0 Å². The van der Waals surface area contributed by atoms with E-state index in [2.05, 4.69) is 17.6 Å². The normalized spacial score (nSPS) is 15.1. The van der Waals surface area contributed by atoms with Crippen molar-refractivity contribution in [3.8, 4) is 0 Å². The van der Waals surface area contributed by atoms with Crippen LogP contribution in [0.5, 0.6) is 0 Å². The Labute approximate surface area is 81.3 Å². The van der Waals surface area contributed by atoms with E-state index in [0.717, 1.165) is 19.4 Å². The van der Waals surface area contributed by atoms with Crippen LogP contribution in [0.2, 0.25) is 0 Å². The third kappa shape index (κ3) is 4.88. The fourth-order valence-electron chi connectivity index (χ4n) is 1.13. The van der Waals surface area contributed by atoms with E-state index >= 15 is 0 Å². The molecular formula is C10H22N2O. The van der Waals surface area contributed by atoms with Crippen molar-refractivity contribution in [1.82, 2.24) is 10.6 Å². The van der Waals surface area contributed by atoms with E-state index in [1.165, 1.54) is 0 Å². The van der Waals surface area contributed by atoms with Crippen LogP contribution in [0.1, 0.15) is 33.6 Å². The fourth-order valence-corrected chi connectivity index (χ4v) is 1.13. The molecule has 0 fully saturated rings. The summed E-state index contributed by atoms with van der Waals surface area (Å²) >= 11 is 0. The molecule has 0 aromatic carbocycles. The molecule has 0 aromatic rings. The molecule has 0 spiro atoms. The summed E-state index contributed by atoms with van der Waals surface area (Å²) in [6, 6.07) is 0.290. The predicted molar refractivity (Wildman–Crippen MR) is 55.6 cm³/mol. The second-order valence-electron chi connectivity index (χ2n) is 3.48. The molecule has 2 unspecified atom stereocenters. The summed E-state index contributed by atoms with van der Waals surface area (Å²) in [5.74, 6) is 0.283. The molecule has 0 saturated heterocycles. The van der Waals surface area contributed by atoms with E-state index in [9.17, 15) is 4.79 Å². The van der Waals surface area contributed by atoms with Gasteiger partial charge in [0.05, 0.1) is 5.92 Å². The zero-order valence-electron chi connectivity index (χ0n) is 9.18. The molecule has 0 saturated carbocycles. The molecule has 1 amide bonds. The van der Waals surface area contributed by atoms with Crippen molar-refractivity contribution in [3.05, 3.63) is 0 Å². The quantitative estimate of drug-likeness (QED) is 0.653. The van der Waals surface area contributed by atoms with E-state index in [4.69, 9.17) is 0 Å². The number of carbonyl (C=O) groups excluding carboxylic acids is 1. The van der Waals surface area contributed by atoms with Crippen LogP contribution < -0.4 is 10.6 Å². The van der Waals surface area contributed by atoms with Crippen LogP contribution in [0.25, 0.3) is 0 Å². The van der Waals surface area contributed by atoms with Crippen LogP contribution >= 0.6 is 0 Å². The first-order valence-electron chi connectivity index (χ1n) is 5.10. The van der Waals surface area contributed by atoms with E-state index in [0.29, 0.717) is 6.04 Å². The third-order valence-corrected chi connectivity index (χ3v) is 2.32. The fraction of sp³-hybridized carbons (Fsp3) is 0.900. The summed E-state index contributed by atoms with van der Waals surface area (Å²) in [6.45, 7) is 6.91. The zero-order chi connectivity index (χ0) is 10.3. The zero-order valence-corrected chi connectivity index (χ0v) is 9.18. The maximum Gasteiger partial charge on any atom is 0.224 e. The Morgan fingerprint density at radius 2 is 1.92 bits per heavy atom. The highest BCUT2D eigenvalue weighted by atomic mass is 16.1. The Hall–Kier alpha value is -0.570. The summed E-state index contributed by atoms with van der Waals surface area (Å²) in [7, 11) is 1.87. The number of hydrogen-bond donors (Lipinski definition) is 2. The Morgan fingerprint density at radius 3 is 2.31 bits per heavy atom. The van der Waals surface area contributed by atoms with Gasteiger partial charge in [0.2, 0.25) is 5.91 Å². The summed E-state index contributed by atoms with van der Waals surface area (Å²) < 4.78 is 0. The highest BCUT2D eigenvalue weighted by molar-refractivity contribution is 5.79. The lowest BCUT2D eigenvalue weighted by atomic mass is 10.1. The standard InChI is InChI=1S/C10H22N2O/c1-5-8(3)12-10(13)9(6-2)7-11-4/h8-9,11H,5-7H2,1-4H3,(H,12,13). The van der Waals surface area contributed by atoms with Gasteiger partial charge >= 0.3 is 0 Å². The lowest BCUT2D eigenvalue weighted by molar-refractivity contribution is -0.125. The summed E-state index contributed by atoms with van der Waals surface area (Å²) in [5.41, 5.74) is 0.